The number of hydrogen-bond donors (Lipinski definition) is 1. The fraction of sp³-hybridized carbons (Fsp3) is 0.235. The van der Waals surface area contributed by atoms with Crippen molar-refractivity contribution in [3.8, 4) is 0 Å². The number of carbonyl (C=O) groups is 1. The van der Waals surface area contributed by atoms with Gasteiger partial charge in [0.05, 0.1) is 0 Å². The van der Waals surface area contributed by atoms with E-state index in [0.717, 1.165) is 24.3 Å². The Hall–Kier alpha value is -2.13. The van der Waals surface area contributed by atoms with E-state index < -0.39 is 0 Å². The molecule has 0 saturated carbocycles. The van der Waals surface area contributed by atoms with Crippen LogP contribution in [0.3, 0.4) is 0 Å². The van der Waals surface area contributed by atoms with Crippen molar-refractivity contribution < 1.29 is 4.79 Å². The van der Waals surface area contributed by atoms with Crippen LogP contribution < -0.4 is 5.32 Å². The molecule has 3 heteroatoms. The van der Waals surface area contributed by atoms with E-state index in [9.17, 15) is 4.79 Å². The first-order valence-electron chi connectivity index (χ1n) is 6.75. The number of likely N-dealkylation sites (N-methyl/N-ethyl adjacent to an activating group) is 1. The van der Waals surface area contributed by atoms with E-state index in [4.69, 9.17) is 0 Å². The quantitative estimate of drug-likeness (QED) is 0.818. The number of carbonyl (C=O) groups excluding carboxylic acids is 1. The van der Waals surface area contributed by atoms with Gasteiger partial charge in [-0.2, -0.15) is 0 Å². The Balaban J connectivity index is 1.99. The van der Waals surface area contributed by atoms with E-state index in [1.165, 1.54) is 0 Å². The normalized spacial score (nSPS) is 10.6. The van der Waals surface area contributed by atoms with Gasteiger partial charge in [-0.15, -0.1) is 0 Å². The number of benzene rings is 2. The second-order valence-electron chi connectivity index (χ2n) is 5.00. The first-order chi connectivity index (χ1) is 9.66. The van der Waals surface area contributed by atoms with Gasteiger partial charge in [-0.1, -0.05) is 30.3 Å². The van der Waals surface area contributed by atoms with Crippen molar-refractivity contribution >= 4 is 11.5 Å². The Morgan fingerprint density at radius 2 is 1.55 bits per heavy atom. The molecule has 0 aromatic heterocycles. The summed E-state index contributed by atoms with van der Waals surface area (Å²) < 4.78 is 0. The van der Waals surface area contributed by atoms with E-state index >= 15 is 0 Å². The molecule has 20 heavy (non-hydrogen) atoms. The van der Waals surface area contributed by atoms with Crippen LogP contribution in [0.1, 0.15) is 15.9 Å². The molecule has 0 fully saturated rings. The molecule has 0 heterocycles. The summed E-state index contributed by atoms with van der Waals surface area (Å²) in [5, 5.41) is 3.33. The second kappa shape index (κ2) is 6.87. The molecule has 3 nitrogen and oxygen atoms in total. The van der Waals surface area contributed by atoms with Crippen LogP contribution >= 0.6 is 0 Å². The molecule has 0 aliphatic carbocycles. The number of nitrogens with zero attached hydrogens (tertiary/aromatic N) is 1. The lowest BCUT2D eigenvalue weighted by Crippen LogP contribution is -2.20. The first-order valence-corrected chi connectivity index (χ1v) is 6.75. The highest BCUT2D eigenvalue weighted by atomic mass is 16.1. The number of nitrogens with one attached hydrogen (secondary N) is 1. The number of ketones is 1. The highest BCUT2D eigenvalue weighted by Crippen LogP contribution is 2.13. The number of anilines is 1. The van der Waals surface area contributed by atoms with Gasteiger partial charge < -0.3 is 10.2 Å². The zero-order valence-corrected chi connectivity index (χ0v) is 12.0. The van der Waals surface area contributed by atoms with E-state index in [1.54, 1.807) is 0 Å². The second-order valence-corrected chi connectivity index (χ2v) is 5.00. The molecule has 2 aromatic rings. The summed E-state index contributed by atoms with van der Waals surface area (Å²) in [5.41, 5.74) is 2.48. The van der Waals surface area contributed by atoms with Crippen molar-refractivity contribution in [2.75, 3.05) is 32.5 Å². The number of rotatable bonds is 6. The van der Waals surface area contributed by atoms with Crippen molar-refractivity contribution in [3.05, 3.63) is 65.7 Å². The minimum atomic E-state index is 0.0606. The molecular weight excluding hydrogens is 248 g/mol. The third kappa shape index (κ3) is 3.93. The Morgan fingerprint density at radius 3 is 2.15 bits per heavy atom. The van der Waals surface area contributed by atoms with Gasteiger partial charge in [0, 0.05) is 29.9 Å². The predicted molar refractivity (Wildman–Crippen MR) is 83.4 cm³/mol. The van der Waals surface area contributed by atoms with Crippen LogP contribution in [0.2, 0.25) is 0 Å². The van der Waals surface area contributed by atoms with Crippen molar-refractivity contribution in [2.45, 2.75) is 0 Å². The Kier molecular flexibility index (Phi) is 4.91. The molecule has 2 rings (SSSR count). The smallest absolute Gasteiger partial charge is 0.193 e. The molecule has 0 atom stereocenters. The summed E-state index contributed by atoms with van der Waals surface area (Å²) in [6.45, 7) is 1.86. The molecule has 2 aromatic carbocycles. The lowest BCUT2D eigenvalue weighted by molar-refractivity contribution is 0.103. The van der Waals surface area contributed by atoms with Crippen LogP contribution in [-0.4, -0.2) is 37.9 Å². The molecule has 104 valence electrons. The zero-order chi connectivity index (χ0) is 14.4. The minimum absolute atomic E-state index is 0.0606. The van der Waals surface area contributed by atoms with Gasteiger partial charge in [0.1, 0.15) is 0 Å². The summed E-state index contributed by atoms with van der Waals surface area (Å²) in [6.07, 6.45) is 0. The van der Waals surface area contributed by atoms with Gasteiger partial charge >= 0.3 is 0 Å². The molecular formula is C17H20N2O. The summed E-state index contributed by atoms with van der Waals surface area (Å²) in [7, 11) is 4.09. The highest BCUT2D eigenvalue weighted by Gasteiger charge is 2.07. The van der Waals surface area contributed by atoms with Crippen LogP contribution in [0, 0.1) is 0 Å². The minimum Gasteiger partial charge on any atom is -0.384 e. The molecule has 0 unspecified atom stereocenters. The van der Waals surface area contributed by atoms with E-state index in [1.807, 2.05) is 68.7 Å². The average Bonchev–Trinajstić information content (AvgIpc) is 2.48. The standard InChI is InChI=1S/C17H20N2O/c1-19(2)13-12-18-16-10-8-15(9-11-16)17(20)14-6-4-3-5-7-14/h3-11,18H,12-13H2,1-2H3. The zero-order valence-electron chi connectivity index (χ0n) is 12.0. The maximum absolute atomic E-state index is 12.2. The maximum Gasteiger partial charge on any atom is 0.193 e. The average molecular weight is 268 g/mol. The van der Waals surface area contributed by atoms with Crippen LogP contribution in [0.5, 0.6) is 0 Å². The summed E-state index contributed by atoms with van der Waals surface area (Å²) in [6, 6.07) is 17.0. The topological polar surface area (TPSA) is 32.3 Å². The van der Waals surface area contributed by atoms with Crippen LogP contribution in [0.15, 0.2) is 54.6 Å². The van der Waals surface area contributed by atoms with Gasteiger partial charge in [-0.3, -0.25) is 4.79 Å². The van der Waals surface area contributed by atoms with Crippen LogP contribution in [-0.2, 0) is 0 Å². The molecule has 0 aliphatic rings. The molecule has 1 N–H and O–H groups in total. The van der Waals surface area contributed by atoms with Crippen molar-refractivity contribution in [1.29, 1.82) is 0 Å². The largest absolute Gasteiger partial charge is 0.384 e. The SMILES string of the molecule is CN(C)CCNc1ccc(C(=O)c2ccccc2)cc1. The van der Waals surface area contributed by atoms with Crippen molar-refractivity contribution in [3.63, 3.8) is 0 Å². The van der Waals surface area contributed by atoms with E-state index in [2.05, 4.69) is 10.2 Å². The summed E-state index contributed by atoms with van der Waals surface area (Å²) in [5.74, 6) is 0.0606. The van der Waals surface area contributed by atoms with Gasteiger partial charge in [0.2, 0.25) is 0 Å². The molecule has 0 aliphatic heterocycles. The van der Waals surface area contributed by atoms with Crippen LogP contribution in [0.4, 0.5) is 5.69 Å². The summed E-state index contributed by atoms with van der Waals surface area (Å²) in [4.78, 5) is 14.4. The van der Waals surface area contributed by atoms with Crippen molar-refractivity contribution in [2.24, 2.45) is 0 Å². The Labute approximate surface area is 120 Å². The third-order valence-electron chi connectivity index (χ3n) is 3.07. The van der Waals surface area contributed by atoms with Gasteiger partial charge in [0.25, 0.3) is 0 Å². The van der Waals surface area contributed by atoms with Gasteiger partial charge in [-0.25, -0.2) is 0 Å². The molecule has 0 bridgehead atoms. The Bertz CT molecular complexity index is 547. The monoisotopic (exact) mass is 268 g/mol. The fourth-order valence-electron chi connectivity index (χ4n) is 1.92. The van der Waals surface area contributed by atoms with Crippen LogP contribution in [0.25, 0.3) is 0 Å². The van der Waals surface area contributed by atoms with Gasteiger partial charge in [0.15, 0.2) is 5.78 Å². The number of hydrogen-bond acceptors (Lipinski definition) is 3. The molecule has 0 saturated heterocycles. The van der Waals surface area contributed by atoms with E-state index in [0.29, 0.717) is 5.56 Å². The molecule has 0 radical (unpaired) electrons. The van der Waals surface area contributed by atoms with Gasteiger partial charge in [-0.05, 0) is 38.4 Å². The lowest BCUT2D eigenvalue weighted by Gasteiger charge is -2.11. The van der Waals surface area contributed by atoms with E-state index in [-0.39, 0.29) is 5.78 Å². The summed E-state index contributed by atoms with van der Waals surface area (Å²) >= 11 is 0. The van der Waals surface area contributed by atoms with Crippen molar-refractivity contribution in [1.82, 2.24) is 4.90 Å². The third-order valence-corrected chi connectivity index (χ3v) is 3.07. The highest BCUT2D eigenvalue weighted by molar-refractivity contribution is 6.09. The molecule has 0 spiro atoms. The Morgan fingerprint density at radius 1 is 0.950 bits per heavy atom. The lowest BCUT2D eigenvalue weighted by atomic mass is 10.0. The maximum atomic E-state index is 12.2. The fourth-order valence-corrected chi connectivity index (χ4v) is 1.92. The predicted octanol–water partition coefficient (Wildman–Crippen LogP) is 2.89. The molecule has 0 amide bonds. The first kappa shape index (κ1) is 14.3.